The molecule has 1 saturated heterocycles. The van der Waals surface area contributed by atoms with Crippen LogP contribution in [0, 0.1) is 0 Å². The van der Waals surface area contributed by atoms with Crippen LogP contribution in [0.5, 0.6) is 0 Å². The van der Waals surface area contributed by atoms with Crippen molar-refractivity contribution < 1.29 is 14.6 Å². The van der Waals surface area contributed by atoms with Crippen molar-refractivity contribution in [1.29, 1.82) is 0 Å². The van der Waals surface area contributed by atoms with E-state index in [0.29, 0.717) is 35.9 Å². The summed E-state index contributed by atoms with van der Waals surface area (Å²) in [5, 5.41) is 12.1. The van der Waals surface area contributed by atoms with Gasteiger partial charge in [0.2, 0.25) is 0 Å². The lowest BCUT2D eigenvalue weighted by atomic mass is 9.84. The standard InChI is InChI=1S/C31H33Cl2NO3/c32-28-14-13-25(22-29(28)33)27(30(35)23-37-21-7-10-24-8-3-1-4-9-24)15-18-34-19-16-31(36,17-20-34)26-11-5-2-6-12-26/h1-14,22,27,36H,15-21,23H2. The highest BCUT2D eigenvalue weighted by Crippen LogP contribution is 2.34. The predicted molar refractivity (Wildman–Crippen MR) is 151 cm³/mol. The number of piperidine rings is 1. The third-order valence-electron chi connectivity index (χ3n) is 7.03. The number of rotatable bonds is 11. The molecule has 0 spiro atoms. The zero-order valence-electron chi connectivity index (χ0n) is 20.9. The monoisotopic (exact) mass is 537 g/mol. The first kappa shape index (κ1) is 27.6. The summed E-state index contributed by atoms with van der Waals surface area (Å²) in [6, 6.07) is 25.2. The van der Waals surface area contributed by atoms with Crippen LogP contribution in [0.3, 0.4) is 0 Å². The van der Waals surface area contributed by atoms with E-state index in [9.17, 15) is 9.90 Å². The number of hydrogen-bond acceptors (Lipinski definition) is 4. The minimum absolute atomic E-state index is 0.0179. The van der Waals surface area contributed by atoms with Crippen LogP contribution in [-0.2, 0) is 15.1 Å². The summed E-state index contributed by atoms with van der Waals surface area (Å²) in [4.78, 5) is 15.6. The molecule has 4 rings (SSSR count). The molecule has 0 radical (unpaired) electrons. The smallest absolute Gasteiger partial charge is 0.165 e. The number of nitrogens with zero attached hydrogens (tertiary/aromatic N) is 1. The van der Waals surface area contributed by atoms with Gasteiger partial charge in [0.15, 0.2) is 5.78 Å². The molecule has 0 aromatic heterocycles. The van der Waals surface area contributed by atoms with Gasteiger partial charge in [0.25, 0.3) is 0 Å². The Morgan fingerprint density at radius 1 is 0.973 bits per heavy atom. The molecule has 3 aromatic carbocycles. The fourth-order valence-corrected chi connectivity index (χ4v) is 5.12. The summed E-state index contributed by atoms with van der Waals surface area (Å²) in [5.74, 6) is -0.327. The Bertz CT molecular complexity index is 1180. The van der Waals surface area contributed by atoms with Crippen LogP contribution in [0.1, 0.15) is 41.9 Å². The Morgan fingerprint density at radius 3 is 2.32 bits per heavy atom. The minimum Gasteiger partial charge on any atom is -0.385 e. The summed E-state index contributed by atoms with van der Waals surface area (Å²) in [5.41, 5.74) is 2.11. The Morgan fingerprint density at radius 2 is 1.65 bits per heavy atom. The molecular formula is C31H33Cl2NO3. The summed E-state index contributed by atoms with van der Waals surface area (Å²) in [6.45, 7) is 2.68. The summed E-state index contributed by atoms with van der Waals surface area (Å²) >= 11 is 12.4. The van der Waals surface area contributed by atoms with E-state index < -0.39 is 5.60 Å². The molecule has 1 fully saturated rings. The molecule has 0 saturated carbocycles. The van der Waals surface area contributed by atoms with E-state index in [-0.39, 0.29) is 18.3 Å². The van der Waals surface area contributed by atoms with Crippen molar-refractivity contribution in [2.24, 2.45) is 0 Å². The molecule has 1 heterocycles. The highest BCUT2D eigenvalue weighted by atomic mass is 35.5. The molecule has 1 unspecified atom stereocenters. The van der Waals surface area contributed by atoms with Gasteiger partial charge in [-0.1, -0.05) is 102 Å². The van der Waals surface area contributed by atoms with Gasteiger partial charge in [0, 0.05) is 19.0 Å². The third-order valence-corrected chi connectivity index (χ3v) is 7.77. The Kier molecular flexibility index (Phi) is 9.95. The van der Waals surface area contributed by atoms with Crippen molar-refractivity contribution in [2.75, 3.05) is 32.8 Å². The highest BCUT2D eigenvalue weighted by molar-refractivity contribution is 6.42. The van der Waals surface area contributed by atoms with Gasteiger partial charge < -0.3 is 14.7 Å². The number of likely N-dealkylation sites (tertiary alicyclic amines) is 1. The number of aliphatic hydroxyl groups is 1. The number of hydrogen-bond donors (Lipinski definition) is 1. The van der Waals surface area contributed by atoms with Gasteiger partial charge in [-0.05, 0) is 54.6 Å². The Balaban J connectivity index is 1.34. The van der Waals surface area contributed by atoms with Crippen molar-refractivity contribution in [2.45, 2.75) is 30.8 Å². The predicted octanol–water partition coefficient (Wildman–Crippen LogP) is 6.75. The first-order valence-electron chi connectivity index (χ1n) is 12.7. The summed E-state index contributed by atoms with van der Waals surface area (Å²) < 4.78 is 5.70. The van der Waals surface area contributed by atoms with Gasteiger partial charge in [0.1, 0.15) is 6.61 Å². The second-order valence-corrected chi connectivity index (χ2v) is 10.4. The number of halogens is 2. The lowest BCUT2D eigenvalue weighted by Crippen LogP contribution is -2.43. The van der Waals surface area contributed by atoms with Gasteiger partial charge >= 0.3 is 0 Å². The van der Waals surface area contributed by atoms with Crippen LogP contribution in [0.25, 0.3) is 6.08 Å². The lowest BCUT2D eigenvalue weighted by molar-refractivity contribution is -0.125. The van der Waals surface area contributed by atoms with Gasteiger partial charge in [-0.15, -0.1) is 0 Å². The van der Waals surface area contributed by atoms with Gasteiger partial charge in [-0.25, -0.2) is 0 Å². The molecular weight excluding hydrogens is 505 g/mol. The number of Topliss-reactive ketones (excluding diaryl/α,β-unsaturated/α-hetero) is 1. The first-order valence-corrected chi connectivity index (χ1v) is 13.5. The van der Waals surface area contributed by atoms with Gasteiger partial charge in [-0.3, -0.25) is 4.79 Å². The zero-order chi connectivity index (χ0) is 26.1. The SMILES string of the molecule is O=C(COCC=Cc1ccccc1)C(CCN1CCC(O)(c2ccccc2)CC1)c1ccc(Cl)c(Cl)c1. The molecule has 0 aliphatic carbocycles. The second kappa shape index (κ2) is 13.4. The normalized spacial score (nSPS) is 16.6. The molecule has 1 aliphatic rings. The lowest BCUT2D eigenvalue weighted by Gasteiger charge is -2.39. The van der Waals surface area contributed by atoms with Crippen molar-refractivity contribution in [3.63, 3.8) is 0 Å². The quantitative estimate of drug-likeness (QED) is 0.275. The Labute approximate surface area is 229 Å². The first-order chi connectivity index (χ1) is 17.9. The van der Waals surface area contributed by atoms with E-state index in [4.69, 9.17) is 27.9 Å². The zero-order valence-corrected chi connectivity index (χ0v) is 22.4. The van der Waals surface area contributed by atoms with Gasteiger partial charge in [-0.2, -0.15) is 0 Å². The van der Waals surface area contributed by atoms with Crippen molar-refractivity contribution in [3.05, 3.63) is 112 Å². The van der Waals surface area contributed by atoms with Crippen LogP contribution in [0.15, 0.2) is 84.9 Å². The van der Waals surface area contributed by atoms with Crippen molar-refractivity contribution in [3.8, 4) is 0 Å². The molecule has 1 N–H and O–H groups in total. The average Bonchev–Trinajstić information content (AvgIpc) is 2.92. The van der Waals surface area contributed by atoms with E-state index in [2.05, 4.69) is 4.90 Å². The van der Waals surface area contributed by atoms with E-state index in [1.54, 1.807) is 12.1 Å². The van der Waals surface area contributed by atoms with E-state index >= 15 is 0 Å². The van der Waals surface area contributed by atoms with Crippen molar-refractivity contribution in [1.82, 2.24) is 4.90 Å². The summed E-state index contributed by atoms with van der Waals surface area (Å²) in [6.07, 6.45) is 5.87. The molecule has 6 heteroatoms. The van der Waals surface area contributed by atoms with Crippen LogP contribution < -0.4 is 0 Å². The minimum atomic E-state index is -0.794. The fourth-order valence-electron chi connectivity index (χ4n) is 4.81. The van der Waals surface area contributed by atoms with Crippen LogP contribution in [0.4, 0.5) is 0 Å². The molecule has 0 amide bonds. The molecule has 194 valence electrons. The largest absolute Gasteiger partial charge is 0.385 e. The van der Waals surface area contributed by atoms with E-state index in [1.165, 1.54) is 0 Å². The fraction of sp³-hybridized carbons (Fsp3) is 0.323. The van der Waals surface area contributed by atoms with Crippen LogP contribution in [-0.4, -0.2) is 48.6 Å². The van der Waals surface area contributed by atoms with E-state index in [1.807, 2.05) is 78.9 Å². The Hall–Kier alpha value is -2.47. The maximum atomic E-state index is 13.3. The molecule has 0 bridgehead atoms. The highest BCUT2D eigenvalue weighted by Gasteiger charge is 2.34. The maximum Gasteiger partial charge on any atom is 0.165 e. The molecule has 1 aliphatic heterocycles. The molecule has 1 atom stereocenters. The number of benzene rings is 3. The average molecular weight is 539 g/mol. The third kappa shape index (κ3) is 7.76. The van der Waals surface area contributed by atoms with Gasteiger partial charge in [0.05, 0.1) is 22.3 Å². The molecule has 37 heavy (non-hydrogen) atoms. The maximum absolute atomic E-state index is 13.3. The number of ketones is 1. The van der Waals surface area contributed by atoms with E-state index in [0.717, 1.165) is 36.3 Å². The van der Waals surface area contributed by atoms with Crippen molar-refractivity contribution >= 4 is 35.1 Å². The topological polar surface area (TPSA) is 49.8 Å². The number of carbonyl (C=O) groups is 1. The summed E-state index contributed by atoms with van der Waals surface area (Å²) in [7, 11) is 0. The number of ether oxygens (including phenoxy) is 1. The molecule has 3 aromatic rings. The van der Waals surface area contributed by atoms with Crippen LogP contribution in [0.2, 0.25) is 10.0 Å². The second-order valence-electron chi connectivity index (χ2n) is 9.55. The number of carbonyl (C=O) groups excluding carboxylic acids is 1. The van der Waals surface area contributed by atoms with Crippen LogP contribution >= 0.6 is 23.2 Å². The molecule has 4 nitrogen and oxygen atoms in total.